The van der Waals surface area contributed by atoms with Crippen molar-refractivity contribution in [1.82, 2.24) is 5.32 Å². The Balaban J connectivity index is 1.62. The van der Waals surface area contributed by atoms with E-state index in [0.29, 0.717) is 12.1 Å². The molecule has 0 amide bonds. The lowest BCUT2D eigenvalue weighted by Crippen LogP contribution is -2.47. The van der Waals surface area contributed by atoms with Crippen LogP contribution in [0.2, 0.25) is 0 Å². The number of aliphatic imine (C=N–C) groups is 1. The Kier molecular flexibility index (Phi) is 3.61. The fraction of sp³-hybridized carbons (Fsp3) is 0.667. The van der Waals surface area contributed by atoms with Crippen molar-refractivity contribution in [3.05, 3.63) is 23.7 Å². The van der Waals surface area contributed by atoms with Crippen LogP contribution in [0.25, 0.3) is 0 Å². The average molecular weight is 278 g/mol. The Bertz CT molecular complexity index is 482. The quantitative estimate of drug-likeness (QED) is 0.895. The summed E-state index contributed by atoms with van der Waals surface area (Å²) in [6.07, 6.45) is 5.31. The lowest BCUT2D eigenvalue weighted by molar-refractivity contribution is 0.242. The monoisotopic (exact) mass is 278 g/mol. The Morgan fingerprint density at radius 1 is 1.53 bits per heavy atom. The molecule has 2 aliphatic rings. The molecule has 1 aliphatic carbocycles. The molecule has 104 valence electrons. The van der Waals surface area contributed by atoms with Crippen molar-refractivity contribution in [3.63, 3.8) is 0 Å². The minimum Gasteiger partial charge on any atom is -0.464 e. The van der Waals surface area contributed by atoms with Crippen molar-refractivity contribution in [2.24, 2.45) is 10.9 Å². The first kappa shape index (κ1) is 13.1. The van der Waals surface area contributed by atoms with Gasteiger partial charge in [0.1, 0.15) is 11.5 Å². The predicted octanol–water partition coefficient (Wildman–Crippen LogP) is 3.73. The standard InChI is InChI=1S/C15H22N2OS/c1-11-4-3-7-15(8-11)10-19-14(17-15)16-9-13-6-5-12(2)18-13/h5-6,11H,3-4,7-10H2,1-2H3,(H,16,17). The zero-order valence-corrected chi connectivity index (χ0v) is 12.6. The van der Waals surface area contributed by atoms with Gasteiger partial charge in [-0.2, -0.15) is 0 Å². The second-order valence-electron chi connectivity index (χ2n) is 6.03. The van der Waals surface area contributed by atoms with E-state index in [0.717, 1.165) is 22.6 Å². The van der Waals surface area contributed by atoms with Gasteiger partial charge in [-0.25, -0.2) is 0 Å². The lowest BCUT2D eigenvalue weighted by Gasteiger charge is -2.36. The number of hydrogen-bond acceptors (Lipinski definition) is 3. The van der Waals surface area contributed by atoms with Crippen molar-refractivity contribution in [2.45, 2.75) is 51.6 Å². The van der Waals surface area contributed by atoms with Crippen molar-refractivity contribution in [1.29, 1.82) is 0 Å². The van der Waals surface area contributed by atoms with Crippen molar-refractivity contribution >= 4 is 16.9 Å². The molecule has 2 fully saturated rings. The number of thioether (sulfide) groups is 1. The maximum absolute atomic E-state index is 5.55. The molecule has 4 heteroatoms. The second-order valence-corrected chi connectivity index (χ2v) is 6.99. The predicted molar refractivity (Wildman–Crippen MR) is 80.5 cm³/mol. The summed E-state index contributed by atoms with van der Waals surface area (Å²) in [5, 5.41) is 4.79. The van der Waals surface area contributed by atoms with E-state index < -0.39 is 0 Å². The number of rotatable bonds is 2. The summed E-state index contributed by atoms with van der Waals surface area (Å²) in [6, 6.07) is 4.01. The highest BCUT2D eigenvalue weighted by Crippen LogP contribution is 2.38. The van der Waals surface area contributed by atoms with E-state index in [2.05, 4.69) is 17.2 Å². The van der Waals surface area contributed by atoms with Gasteiger partial charge in [0.15, 0.2) is 5.17 Å². The number of amidine groups is 1. The van der Waals surface area contributed by atoms with Gasteiger partial charge in [0.25, 0.3) is 0 Å². The van der Waals surface area contributed by atoms with Crippen LogP contribution in [0.3, 0.4) is 0 Å². The zero-order chi connectivity index (χ0) is 13.3. The van der Waals surface area contributed by atoms with Crippen LogP contribution in [0.15, 0.2) is 21.5 Å². The Morgan fingerprint density at radius 3 is 3.16 bits per heavy atom. The third-order valence-electron chi connectivity index (χ3n) is 4.12. The number of aryl methyl sites for hydroxylation is 1. The van der Waals surface area contributed by atoms with Crippen LogP contribution < -0.4 is 5.32 Å². The molecule has 1 N–H and O–H groups in total. The number of hydrogen-bond donors (Lipinski definition) is 1. The third kappa shape index (κ3) is 2.99. The van der Waals surface area contributed by atoms with E-state index in [4.69, 9.17) is 4.42 Å². The smallest absolute Gasteiger partial charge is 0.157 e. The van der Waals surface area contributed by atoms with Crippen LogP contribution in [0.1, 0.15) is 44.1 Å². The van der Waals surface area contributed by atoms with Crippen LogP contribution in [0.4, 0.5) is 0 Å². The van der Waals surface area contributed by atoms with Gasteiger partial charge < -0.3 is 9.73 Å². The molecule has 2 atom stereocenters. The van der Waals surface area contributed by atoms with Gasteiger partial charge in [0.2, 0.25) is 0 Å². The minimum absolute atomic E-state index is 0.320. The van der Waals surface area contributed by atoms with Crippen molar-refractivity contribution in [3.8, 4) is 0 Å². The van der Waals surface area contributed by atoms with Gasteiger partial charge in [-0.05, 0) is 37.8 Å². The lowest BCUT2D eigenvalue weighted by atomic mass is 9.78. The number of nitrogens with one attached hydrogen (secondary N) is 1. The van der Waals surface area contributed by atoms with Crippen LogP contribution in [0.5, 0.6) is 0 Å². The van der Waals surface area contributed by atoms with E-state index >= 15 is 0 Å². The summed E-state index contributed by atoms with van der Waals surface area (Å²) >= 11 is 1.87. The average Bonchev–Trinajstić information content (AvgIpc) is 2.94. The van der Waals surface area contributed by atoms with Gasteiger partial charge in [-0.1, -0.05) is 31.5 Å². The molecule has 1 spiro atoms. The Labute approximate surface area is 119 Å². The fourth-order valence-electron chi connectivity index (χ4n) is 3.22. The largest absolute Gasteiger partial charge is 0.464 e. The Hall–Kier alpha value is -0.900. The zero-order valence-electron chi connectivity index (χ0n) is 11.7. The summed E-state index contributed by atoms with van der Waals surface area (Å²) in [4.78, 5) is 4.66. The van der Waals surface area contributed by atoms with Crippen LogP contribution >= 0.6 is 11.8 Å². The van der Waals surface area contributed by atoms with Crippen LogP contribution in [-0.2, 0) is 6.54 Å². The number of furan rings is 1. The molecule has 0 radical (unpaired) electrons. The van der Waals surface area contributed by atoms with Gasteiger partial charge in [0, 0.05) is 11.3 Å². The van der Waals surface area contributed by atoms with Gasteiger partial charge in [-0.15, -0.1) is 0 Å². The first-order valence-electron chi connectivity index (χ1n) is 7.16. The topological polar surface area (TPSA) is 37.5 Å². The van der Waals surface area contributed by atoms with E-state index in [9.17, 15) is 0 Å². The van der Waals surface area contributed by atoms with E-state index in [1.165, 1.54) is 31.4 Å². The normalized spacial score (nSPS) is 32.9. The summed E-state index contributed by atoms with van der Waals surface area (Å²) in [6.45, 7) is 4.99. The molecular formula is C15H22N2OS. The van der Waals surface area contributed by atoms with Gasteiger partial charge in [0.05, 0.1) is 6.54 Å². The van der Waals surface area contributed by atoms with E-state index in [1.54, 1.807) is 0 Å². The fourth-order valence-corrected chi connectivity index (χ4v) is 4.41. The van der Waals surface area contributed by atoms with Gasteiger partial charge in [-0.3, -0.25) is 4.99 Å². The minimum atomic E-state index is 0.320. The molecule has 3 rings (SSSR count). The SMILES string of the molecule is Cc1ccc(CN=C2NC3(CCCC(C)C3)CS2)o1. The van der Waals surface area contributed by atoms with E-state index in [-0.39, 0.29) is 0 Å². The molecule has 1 saturated carbocycles. The van der Waals surface area contributed by atoms with Crippen LogP contribution in [-0.4, -0.2) is 16.5 Å². The molecule has 0 aromatic carbocycles. The molecule has 0 bridgehead atoms. The first-order chi connectivity index (χ1) is 9.15. The summed E-state index contributed by atoms with van der Waals surface area (Å²) in [7, 11) is 0. The molecule has 3 nitrogen and oxygen atoms in total. The maximum atomic E-state index is 5.55. The molecule has 1 saturated heterocycles. The molecular weight excluding hydrogens is 256 g/mol. The third-order valence-corrected chi connectivity index (χ3v) is 5.32. The highest BCUT2D eigenvalue weighted by Gasteiger charge is 2.40. The van der Waals surface area contributed by atoms with Gasteiger partial charge >= 0.3 is 0 Å². The second kappa shape index (κ2) is 5.23. The van der Waals surface area contributed by atoms with Crippen molar-refractivity contribution in [2.75, 3.05) is 5.75 Å². The summed E-state index contributed by atoms with van der Waals surface area (Å²) in [5.41, 5.74) is 0.320. The maximum Gasteiger partial charge on any atom is 0.157 e. The highest BCUT2D eigenvalue weighted by atomic mass is 32.2. The highest BCUT2D eigenvalue weighted by molar-refractivity contribution is 8.14. The summed E-state index contributed by atoms with van der Waals surface area (Å²) < 4.78 is 5.55. The first-order valence-corrected chi connectivity index (χ1v) is 8.15. The molecule has 1 aromatic rings. The summed E-state index contributed by atoms with van der Waals surface area (Å²) in [5.74, 6) is 3.92. The van der Waals surface area contributed by atoms with E-state index in [1.807, 2.05) is 30.8 Å². The molecule has 19 heavy (non-hydrogen) atoms. The molecule has 2 heterocycles. The molecule has 1 aromatic heterocycles. The van der Waals surface area contributed by atoms with Crippen LogP contribution in [0, 0.1) is 12.8 Å². The molecule has 1 aliphatic heterocycles. The molecule has 2 unspecified atom stereocenters. The Morgan fingerprint density at radius 2 is 2.42 bits per heavy atom. The van der Waals surface area contributed by atoms with Crippen molar-refractivity contribution < 1.29 is 4.42 Å². The number of nitrogens with zero attached hydrogens (tertiary/aromatic N) is 1.